The van der Waals surface area contributed by atoms with Gasteiger partial charge in [-0.3, -0.25) is 0 Å². The van der Waals surface area contributed by atoms with Crippen molar-refractivity contribution in [1.82, 2.24) is 0 Å². The van der Waals surface area contributed by atoms with Gasteiger partial charge in [-0.05, 0) is 86.2 Å². The van der Waals surface area contributed by atoms with E-state index in [9.17, 15) is 15.3 Å². The van der Waals surface area contributed by atoms with Gasteiger partial charge in [-0.15, -0.1) is 0 Å². The minimum absolute atomic E-state index is 0.159. The molecular formula is C27H44O3. The molecule has 0 saturated heterocycles. The Morgan fingerprint density at radius 2 is 1.97 bits per heavy atom. The molecule has 3 N–H and O–H groups in total. The largest absolute Gasteiger partial charge is 0.393 e. The smallest absolute Gasteiger partial charge is 0.0811 e. The predicted octanol–water partition coefficient (Wildman–Crippen LogP) is 5.70. The predicted molar refractivity (Wildman–Crippen MR) is 124 cm³/mol. The van der Waals surface area contributed by atoms with E-state index in [0.29, 0.717) is 30.6 Å². The zero-order valence-corrected chi connectivity index (χ0v) is 19.7. The Bertz CT molecular complexity index is 686. The lowest BCUT2D eigenvalue weighted by atomic mass is 9.59. The van der Waals surface area contributed by atoms with Crippen molar-refractivity contribution in [2.75, 3.05) is 0 Å². The Morgan fingerprint density at radius 3 is 2.67 bits per heavy atom. The average Bonchev–Trinajstić information content (AvgIpc) is 3.01. The van der Waals surface area contributed by atoms with Crippen molar-refractivity contribution < 1.29 is 15.3 Å². The van der Waals surface area contributed by atoms with Crippen LogP contribution >= 0.6 is 0 Å². The number of hydrogen-bond acceptors (Lipinski definition) is 3. The summed E-state index contributed by atoms with van der Waals surface area (Å²) in [5.41, 5.74) is 2.79. The third-order valence-corrected chi connectivity index (χ3v) is 8.44. The van der Waals surface area contributed by atoms with E-state index >= 15 is 0 Å². The van der Waals surface area contributed by atoms with Crippen molar-refractivity contribution in [3.05, 3.63) is 35.5 Å². The second kappa shape index (κ2) is 9.30. The molecular weight excluding hydrogens is 372 g/mol. The standard InChI is InChI=1S/C27H44O3/c1-18(2)8-6-15-27(5,30)25-13-12-23-20(9-7-14-26(23,25)4)10-11-21-16-22(28)17-24(29)19(21)3/h10-11,18,22-25,28-30H,3,6-9,12-17H2,1-2,4-5H3/b20-10?,21-11-/t22-,23?,24-,25+,26+,27+/m1/s1. The van der Waals surface area contributed by atoms with Gasteiger partial charge in [0.25, 0.3) is 0 Å². The maximum Gasteiger partial charge on any atom is 0.0811 e. The molecule has 3 aliphatic carbocycles. The minimum atomic E-state index is -0.633. The molecule has 170 valence electrons. The van der Waals surface area contributed by atoms with Crippen LogP contribution in [0.25, 0.3) is 0 Å². The average molecular weight is 417 g/mol. The summed E-state index contributed by atoms with van der Waals surface area (Å²) in [6, 6.07) is 0. The first-order chi connectivity index (χ1) is 14.0. The fourth-order valence-electron chi connectivity index (χ4n) is 6.77. The van der Waals surface area contributed by atoms with Crippen LogP contribution in [0.4, 0.5) is 0 Å². The first kappa shape index (κ1) is 23.8. The summed E-state index contributed by atoms with van der Waals surface area (Å²) in [5, 5.41) is 31.6. The number of fused-ring (bicyclic) bond motifs is 1. The van der Waals surface area contributed by atoms with E-state index in [1.807, 2.05) is 0 Å². The lowest BCUT2D eigenvalue weighted by Gasteiger charge is -2.47. The molecule has 3 fully saturated rings. The highest BCUT2D eigenvalue weighted by atomic mass is 16.3. The third-order valence-electron chi connectivity index (χ3n) is 8.44. The Hall–Kier alpha value is -0.900. The molecule has 0 aromatic heterocycles. The molecule has 0 aromatic rings. The second-order valence-corrected chi connectivity index (χ2v) is 11.3. The zero-order chi connectivity index (χ0) is 22.1. The van der Waals surface area contributed by atoms with E-state index in [2.05, 4.69) is 46.4 Å². The Balaban J connectivity index is 1.76. The lowest BCUT2D eigenvalue weighted by molar-refractivity contribution is -0.0657. The summed E-state index contributed by atoms with van der Waals surface area (Å²) in [6.45, 7) is 13.1. The van der Waals surface area contributed by atoms with E-state index in [-0.39, 0.29) is 5.41 Å². The monoisotopic (exact) mass is 416 g/mol. The van der Waals surface area contributed by atoms with E-state index in [4.69, 9.17) is 0 Å². The molecule has 6 atom stereocenters. The van der Waals surface area contributed by atoms with E-state index in [1.165, 1.54) is 24.8 Å². The van der Waals surface area contributed by atoms with Gasteiger partial charge in [0.1, 0.15) is 0 Å². The van der Waals surface area contributed by atoms with Crippen LogP contribution < -0.4 is 0 Å². The number of allylic oxidation sites excluding steroid dienone is 3. The molecule has 0 aromatic carbocycles. The minimum Gasteiger partial charge on any atom is -0.393 e. The molecule has 3 heteroatoms. The number of aliphatic hydroxyl groups is 3. The number of rotatable bonds is 6. The topological polar surface area (TPSA) is 60.7 Å². The second-order valence-electron chi connectivity index (χ2n) is 11.3. The van der Waals surface area contributed by atoms with Gasteiger partial charge in [0.05, 0.1) is 17.8 Å². The SMILES string of the molecule is C=C1/C(=C\C=C2CCC[C@@]3(C)C2CC[C@@H]3[C@@](C)(O)CCCC(C)C)C[C@@H](O)C[C@H]1O. The zero-order valence-electron chi connectivity index (χ0n) is 19.7. The summed E-state index contributed by atoms with van der Waals surface area (Å²) >= 11 is 0. The molecule has 1 unspecified atom stereocenters. The number of aliphatic hydroxyl groups excluding tert-OH is 2. The van der Waals surface area contributed by atoms with Crippen molar-refractivity contribution in [2.24, 2.45) is 23.2 Å². The summed E-state index contributed by atoms with van der Waals surface area (Å²) < 4.78 is 0. The third kappa shape index (κ3) is 4.95. The van der Waals surface area contributed by atoms with Crippen molar-refractivity contribution in [2.45, 2.75) is 110 Å². The molecule has 0 spiro atoms. The maximum atomic E-state index is 11.4. The van der Waals surface area contributed by atoms with Crippen LogP contribution in [-0.2, 0) is 0 Å². The van der Waals surface area contributed by atoms with Crippen LogP contribution in [0.1, 0.15) is 91.9 Å². The normalized spacial score (nSPS) is 39.5. The van der Waals surface area contributed by atoms with Gasteiger partial charge in [0.15, 0.2) is 0 Å². The molecule has 0 heterocycles. The lowest BCUT2D eigenvalue weighted by Crippen LogP contribution is -2.45. The fraction of sp³-hybridized carbons (Fsp3) is 0.778. The first-order valence-corrected chi connectivity index (χ1v) is 12.2. The molecule has 3 aliphatic rings. The first-order valence-electron chi connectivity index (χ1n) is 12.2. The highest BCUT2D eigenvalue weighted by Crippen LogP contribution is 2.60. The van der Waals surface area contributed by atoms with Gasteiger partial charge in [-0.25, -0.2) is 0 Å². The molecule has 3 nitrogen and oxygen atoms in total. The molecule has 0 radical (unpaired) electrons. The summed E-state index contributed by atoms with van der Waals surface area (Å²) in [6.07, 6.45) is 13.1. The fourth-order valence-corrected chi connectivity index (χ4v) is 6.77. The van der Waals surface area contributed by atoms with Crippen molar-refractivity contribution in [3.63, 3.8) is 0 Å². The molecule has 3 saturated carbocycles. The Kier molecular flexibility index (Phi) is 7.37. The van der Waals surface area contributed by atoms with Crippen LogP contribution in [0.5, 0.6) is 0 Å². The molecule has 30 heavy (non-hydrogen) atoms. The van der Waals surface area contributed by atoms with Gasteiger partial charge in [-0.2, -0.15) is 0 Å². The van der Waals surface area contributed by atoms with Crippen molar-refractivity contribution >= 4 is 0 Å². The van der Waals surface area contributed by atoms with Gasteiger partial charge in [-0.1, -0.05) is 57.9 Å². The summed E-state index contributed by atoms with van der Waals surface area (Å²) in [7, 11) is 0. The van der Waals surface area contributed by atoms with E-state index in [1.54, 1.807) is 0 Å². The highest BCUT2D eigenvalue weighted by Gasteiger charge is 2.54. The van der Waals surface area contributed by atoms with Crippen molar-refractivity contribution in [1.29, 1.82) is 0 Å². The van der Waals surface area contributed by atoms with Gasteiger partial charge < -0.3 is 15.3 Å². The van der Waals surface area contributed by atoms with E-state index < -0.39 is 17.8 Å². The van der Waals surface area contributed by atoms with Crippen LogP contribution in [0, 0.1) is 23.2 Å². The maximum absolute atomic E-state index is 11.4. The molecule has 0 bridgehead atoms. The Labute approximate surface area is 184 Å². The summed E-state index contributed by atoms with van der Waals surface area (Å²) in [5.74, 6) is 1.57. The van der Waals surface area contributed by atoms with Crippen LogP contribution in [0.2, 0.25) is 0 Å². The Morgan fingerprint density at radius 1 is 1.23 bits per heavy atom. The summed E-state index contributed by atoms with van der Waals surface area (Å²) in [4.78, 5) is 0. The van der Waals surface area contributed by atoms with Crippen LogP contribution in [0.3, 0.4) is 0 Å². The van der Waals surface area contributed by atoms with Gasteiger partial charge >= 0.3 is 0 Å². The van der Waals surface area contributed by atoms with Crippen LogP contribution in [-0.4, -0.2) is 33.1 Å². The highest BCUT2D eigenvalue weighted by molar-refractivity contribution is 5.38. The quantitative estimate of drug-likeness (QED) is 0.520. The molecule has 0 amide bonds. The van der Waals surface area contributed by atoms with Crippen molar-refractivity contribution in [3.8, 4) is 0 Å². The van der Waals surface area contributed by atoms with E-state index in [0.717, 1.165) is 43.3 Å². The van der Waals surface area contributed by atoms with Crippen LogP contribution in [0.15, 0.2) is 35.5 Å². The molecule has 0 aliphatic heterocycles. The molecule has 3 rings (SSSR count). The van der Waals surface area contributed by atoms with Gasteiger partial charge in [0, 0.05) is 6.42 Å². The number of hydrogen-bond donors (Lipinski definition) is 3. The van der Waals surface area contributed by atoms with Gasteiger partial charge in [0.2, 0.25) is 0 Å².